The van der Waals surface area contributed by atoms with Gasteiger partial charge in [-0.3, -0.25) is 9.78 Å². The van der Waals surface area contributed by atoms with Crippen molar-refractivity contribution in [1.29, 1.82) is 0 Å². The summed E-state index contributed by atoms with van der Waals surface area (Å²) in [5.74, 6) is 0.469. The summed E-state index contributed by atoms with van der Waals surface area (Å²) in [6.45, 7) is 5.62. The Balaban J connectivity index is 1.53. The number of carbonyl (C=O) groups is 2. The van der Waals surface area contributed by atoms with Crippen molar-refractivity contribution < 1.29 is 14.3 Å². The zero-order chi connectivity index (χ0) is 19.0. The third kappa shape index (κ3) is 3.55. The molecule has 1 aromatic heterocycles. The van der Waals surface area contributed by atoms with Crippen LogP contribution >= 0.6 is 0 Å². The first kappa shape index (κ1) is 18.0. The molecule has 1 saturated heterocycles. The average Bonchev–Trinajstić information content (AvgIpc) is 3.10. The van der Waals surface area contributed by atoms with Gasteiger partial charge in [-0.2, -0.15) is 0 Å². The largest absolute Gasteiger partial charge is 0.452 e. The van der Waals surface area contributed by atoms with E-state index in [2.05, 4.69) is 13.8 Å². The Kier molecular flexibility index (Phi) is 4.85. The summed E-state index contributed by atoms with van der Waals surface area (Å²) in [6.07, 6.45) is 3.87. The second-order valence-electron chi connectivity index (χ2n) is 8.10. The van der Waals surface area contributed by atoms with Crippen molar-refractivity contribution in [2.45, 2.75) is 39.5 Å². The van der Waals surface area contributed by atoms with Crippen LogP contribution in [-0.4, -0.2) is 41.5 Å². The van der Waals surface area contributed by atoms with Gasteiger partial charge in [0.25, 0.3) is 5.91 Å². The maximum Gasteiger partial charge on any atom is 0.339 e. The van der Waals surface area contributed by atoms with Crippen LogP contribution in [0, 0.1) is 11.8 Å². The topological polar surface area (TPSA) is 59.5 Å². The first-order valence-corrected chi connectivity index (χ1v) is 9.88. The van der Waals surface area contributed by atoms with Gasteiger partial charge in [-0.1, -0.05) is 32.0 Å². The van der Waals surface area contributed by atoms with Gasteiger partial charge in [-0.15, -0.1) is 0 Å². The number of esters is 1. The second-order valence-corrected chi connectivity index (χ2v) is 8.10. The molecule has 142 valence electrons. The minimum Gasteiger partial charge on any atom is -0.452 e. The molecule has 2 heterocycles. The summed E-state index contributed by atoms with van der Waals surface area (Å²) in [4.78, 5) is 32.0. The number of hydrogen-bond donors (Lipinski definition) is 0. The van der Waals surface area contributed by atoms with Crippen LogP contribution in [0.4, 0.5) is 0 Å². The highest BCUT2D eigenvalue weighted by Crippen LogP contribution is 2.30. The Morgan fingerprint density at radius 1 is 1.15 bits per heavy atom. The van der Waals surface area contributed by atoms with Crippen LogP contribution in [0.2, 0.25) is 0 Å². The molecule has 0 radical (unpaired) electrons. The fourth-order valence-corrected chi connectivity index (χ4v) is 4.60. The summed E-state index contributed by atoms with van der Waals surface area (Å²) in [7, 11) is 0. The fourth-order valence-electron chi connectivity index (χ4n) is 4.60. The molecule has 2 aliphatic rings. The minimum absolute atomic E-state index is 0.100. The Bertz CT molecular complexity index is 883. The fraction of sp³-hybridized carbons (Fsp3) is 0.500. The number of carbonyl (C=O) groups excluding carboxylic acids is 2. The van der Waals surface area contributed by atoms with Crippen LogP contribution in [0.5, 0.6) is 0 Å². The number of likely N-dealkylation sites (tertiary alicyclic amines) is 1. The Hall–Kier alpha value is -2.43. The van der Waals surface area contributed by atoms with Gasteiger partial charge in [0.15, 0.2) is 6.61 Å². The van der Waals surface area contributed by atoms with Gasteiger partial charge in [-0.05, 0) is 49.1 Å². The molecule has 0 bridgehead atoms. The van der Waals surface area contributed by atoms with Crippen LogP contribution < -0.4 is 0 Å². The lowest BCUT2D eigenvalue weighted by molar-refractivity contribution is -0.137. The first-order valence-electron chi connectivity index (χ1n) is 9.88. The van der Waals surface area contributed by atoms with Crippen molar-refractivity contribution in [3.05, 3.63) is 41.1 Å². The molecule has 2 atom stereocenters. The number of aromatic nitrogens is 1. The van der Waals surface area contributed by atoms with Crippen molar-refractivity contribution in [2.24, 2.45) is 11.8 Å². The maximum atomic E-state index is 12.9. The monoisotopic (exact) mass is 366 g/mol. The highest BCUT2D eigenvalue weighted by Gasteiger charge is 2.28. The predicted molar refractivity (Wildman–Crippen MR) is 104 cm³/mol. The number of fused-ring (bicyclic) bond motifs is 2. The molecule has 1 aliphatic heterocycles. The van der Waals surface area contributed by atoms with E-state index >= 15 is 0 Å². The van der Waals surface area contributed by atoms with Gasteiger partial charge in [0.05, 0.1) is 11.1 Å². The summed E-state index contributed by atoms with van der Waals surface area (Å²) in [5.41, 5.74) is 3.40. The van der Waals surface area contributed by atoms with E-state index in [0.717, 1.165) is 60.9 Å². The van der Waals surface area contributed by atoms with Crippen LogP contribution in [0.25, 0.3) is 10.9 Å². The van der Waals surface area contributed by atoms with Gasteiger partial charge in [0.1, 0.15) is 0 Å². The first-order chi connectivity index (χ1) is 13.0. The molecular weight excluding hydrogens is 340 g/mol. The number of hydrogen-bond acceptors (Lipinski definition) is 4. The zero-order valence-electron chi connectivity index (χ0n) is 16.0. The van der Waals surface area contributed by atoms with Crippen molar-refractivity contribution >= 4 is 22.8 Å². The third-order valence-corrected chi connectivity index (χ3v) is 5.67. The van der Waals surface area contributed by atoms with Crippen LogP contribution in [0.3, 0.4) is 0 Å². The number of benzene rings is 1. The minimum atomic E-state index is -0.404. The number of rotatable bonds is 3. The number of aryl methyl sites for hydroxylation is 1. The number of piperidine rings is 1. The smallest absolute Gasteiger partial charge is 0.339 e. The molecule has 4 rings (SSSR count). The van der Waals surface area contributed by atoms with Crippen molar-refractivity contribution in [2.75, 3.05) is 19.7 Å². The van der Waals surface area contributed by atoms with Crippen molar-refractivity contribution in [3.8, 4) is 0 Å². The molecule has 5 nitrogen and oxygen atoms in total. The quantitative estimate of drug-likeness (QED) is 0.782. The number of nitrogens with zero attached hydrogens (tertiary/aromatic N) is 2. The highest BCUT2D eigenvalue weighted by atomic mass is 16.5. The molecule has 5 heteroatoms. The molecule has 2 unspecified atom stereocenters. The summed E-state index contributed by atoms with van der Waals surface area (Å²) in [5, 5.41) is 0.816. The number of amides is 1. The van der Waals surface area contributed by atoms with Crippen LogP contribution in [-0.2, 0) is 22.4 Å². The molecular formula is C22H26N2O3. The average molecular weight is 366 g/mol. The molecule has 1 aromatic carbocycles. The lowest BCUT2D eigenvalue weighted by Gasteiger charge is -2.34. The highest BCUT2D eigenvalue weighted by molar-refractivity contribution is 6.05. The molecule has 0 saturated carbocycles. The molecule has 27 heavy (non-hydrogen) atoms. The molecule has 1 fully saturated rings. The molecule has 1 amide bonds. The van der Waals surface area contributed by atoms with E-state index in [-0.39, 0.29) is 12.5 Å². The van der Waals surface area contributed by atoms with Crippen LogP contribution in [0.15, 0.2) is 24.3 Å². The summed E-state index contributed by atoms with van der Waals surface area (Å²) < 4.78 is 5.49. The number of ether oxygens (including phenoxy) is 1. The van der Waals surface area contributed by atoms with E-state index in [9.17, 15) is 9.59 Å². The molecule has 1 aliphatic carbocycles. The van der Waals surface area contributed by atoms with Gasteiger partial charge in [0, 0.05) is 24.2 Å². The SMILES string of the molecule is CC1CC(C)CN(C(=O)COC(=O)c2c3c(nc4ccccc24)CCC3)C1. The van der Waals surface area contributed by atoms with Crippen molar-refractivity contribution in [3.63, 3.8) is 0 Å². The van der Waals surface area contributed by atoms with E-state index in [1.807, 2.05) is 29.2 Å². The Labute approximate surface area is 159 Å². The molecule has 0 spiro atoms. The van der Waals surface area contributed by atoms with Gasteiger partial charge in [-0.25, -0.2) is 4.79 Å². The Morgan fingerprint density at radius 2 is 1.89 bits per heavy atom. The van der Waals surface area contributed by atoms with Crippen molar-refractivity contribution in [1.82, 2.24) is 9.88 Å². The van der Waals surface area contributed by atoms with E-state index in [1.54, 1.807) is 0 Å². The summed E-state index contributed by atoms with van der Waals surface area (Å²) in [6, 6.07) is 7.66. The standard InChI is InChI=1S/C22H26N2O3/c1-14-10-15(2)12-24(11-14)20(25)13-27-22(26)21-16-6-3-4-8-18(16)23-19-9-5-7-17(19)21/h3-4,6,8,14-15H,5,7,9-13H2,1-2H3. The number of pyridine rings is 1. The summed E-state index contributed by atoms with van der Waals surface area (Å²) >= 11 is 0. The lowest BCUT2D eigenvalue weighted by atomic mass is 9.92. The zero-order valence-corrected chi connectivity index (χ0v) is 16.0. The molecule has 2 aromatic rings. The van der Waals surface area contributed by atoms with E-state index < -0.39 is 5.97 Å². The van der Waals surface area contributed by atoms with E-state index in [1.165, 1.54) is 0 Å². The molecule has 0 N–H and O–H groups in total. The van der Waals surface area contributed by atoms with Crippen LogP contribution in [0.1, 0.15) is 48.3 Å². The maximum absolute atomic E-state index is 12.9. The predicted octanol–water partition coefficient (Wildman–Crippen LogP) is 3.38. The Morgan fingerprint density at radius 3 is 2.67 bits per heavy atom. The van der Waals surface area contributed by atoms with Gasteiger partial charge < -0.3 is 9.64 Å². The lowest BCUT2D eigenvalue weighted by Crippen LogP contribution is -2.44. The number of para-hydroxylation sites is 1. The van der Waals surface area contributed by atoms with Gasteiger partial charge in [0.2, 0.25) is 0 Å². The second kappa shape index (κ2) is 7.29. The van der Waals surface area contributed by atoms with E-state index in [0.29, 0.717) is 17.4 Å². The third-order valence-electron chi connectivity index (χ3n) is 5.67. The van der Waals surface area contributed by atoms with E-state index in [4.69, 9.17) is 9.72 Å². The normalized spacial score (nSPS) is 21.9. The van der Waals surface area contributed by atoms with Gasteiger partial charge >= 0.3 is 5.97 Å².